The molecule has 3 heterocycles. The summed E-state index contributed by atoms with van der Waals surface area (Å²) < 4.78 is 53.0. The van der Waals surface area contributed by atoms with Gasteiger partial charge in [-0.2, -0.15) is 9.29 Å². The molecular formula is C34H42N6O8S. The van der Waals surface area contributed by atoms with E-state index in [9.17, 15) is 18.0 Å². The number of fused-ring (bicyclic) bond motifs is 1. The summed E-state index contributed by atoms with van der Waals surface area (Å²) in [7, 11) is -0.0928. The fraction of sp³-hybridized carbons (Fsp3) is 0.412. The van der Waals surface area contributed by atoms with Crippen molar-refractivity contribution in [3.63, 3.8) is 0 Å². The van der Waals surface area contributed by atoms with Crippen LogP contribution in [0.2, 0.25) is 0 Å². The normalized spacial score (nSPS) is 14.2. The molecule has 5 rings (SSSR count). The maximum atomic E-state index is 13.9. The molecular weight excluding hydrogens is 652 g/mol. The van der Waals surface area contributed by atoms with Crippen LogP contribution in [-0.4, -0.2) is 104 Å². The van der Waals surface area contributed by atoms with Crippen molar-refractivity contribution in [2.75, 3.05) is 64.7 Å². The first-order chi connectivity index (χ1) is 23.5. The van der Waals surface area contributed by atoms with Gasteiger partial charge in [-0.15, -0.1) is 0 Å². The summed E-state index contributed by atoms with van der Waals surface area (Å²) in [4.78, 5) is 39.7. The lowest BCUT2D eigenvalue weighted by Crippen LogP contribution is -2.47. The van der Waals surface area contributed by atoms with Crippen molar-refractivity contribution in [2.45, 2.75) is 32.6 Å². The molecule has 1 fully saturated rings. The lowest BCUT2D eigenvalue weighted by Gasteiger charge is -2.31. The molecule has 0 radical (unpaired) electrons. The fourth-order valence-corrected chi connectivity index (χ4v) is 7.06. The van der Waals surface area contributed by atoms with Gasteiger partial charge in [0.1, 0.15) is 11.3 Å². The number of nitrogens with zero attached hydrogens (tertiary/aromatic N) is 6. The predicted molar refractivity (Wildman–Crippen MR) is 184 cm³/mol. The quantitative estimate of drug-likeness (QED) is 0.118. The van der Waals surface area contributed by atoms with Crippen LogP contribution >= 0.6 is 0 Å². The molecule has 1 aliphatic rings. The third-order valence-electron chi connectivity index (χ3n) is 8.17. The van der Waals surface area contributed by atoms with Crippen LogP contribution in [0.5, 0.6) is 11.6 Å². The highest BCUT2D eigenvalue weighted by atomic mass is 32.2. The van der Waals surface area contributed by atoms with Crippen molar-refractivity contribution in [1.29, 1.82) is 0 Å². The highest BCUT2D eigenvalue weighted by molar-refractivity contribution is 7.89. The molecule has 0 unspecified atom stereocenters. The fourth-order valence-electron chi connectivity index (χ4n) is 5.61. The molecule has 1 amide bonds. The van der Waals surface area contributed by atoms with E-state index in [-0.39, 0.29) is 41.2 Å². The van der Waals surface area contributed by atoms with Gasteiger partial charge in [-0.05, 0) is 70.6 Å². The van der Waals surface area contributed by atoms with E-state index < -0.39 is 22.1 Å². The number of aryl methyl sites for hydroxylation is 2. The number of rotatable bonds is 12. The summed E-state index contributed by atoms with van der Waals surface area (Å²) in [6.45, 7) is 9.82. The van der Waals surface area contributed by atoms with Gasteiger partial charge in [-0.1, -0.05) is 12.1 Å². The summed E-state index contributed by atoms with van der Waals surface area (Å²) in [5, 5.41) is 0. The zero-order valence-corrected chi connectivity index (χ0v) is 29.4. The molecule has 0 aliphatic carbocycles. The summed E-state index contributed by atoms with van der Waals surface area (Å²) in [6.07, 6.45) is 1.04. The molecule has 49 heavy (non-hydrogen) atoms. The Bertz CT molecular complexity index is 1940. The number of benzene rings is 2. The molecule has 0 bridgehead atoms. The number of piperazine rings is 1. The minimum absolute atomic E-state index is 0.0507. The number of anilines is 1. The number of carbonyl (C=O) groups is 2. The molecule has 262 valence electrons. The molecule has 0 saturated carbocycles. The van der Waals surface area contributed by atoms with E-state index in [1.807, 2.05) is 27.1 Å². The summed E-state index contributed by atoms with van der Waals surface area (Å²) in [6, 6.07) is 11.2. The van der Waals surface area contributed by atoms with Crippen molar-refractivity contribution < 1.29 is 37.0 Å². The smallest absolute Gasteiger partial charge is 0.421 e. The van der Waals surface area contributed by atoms with Crippen LogP contribution in [0.4, 0.5) is 10.5 Å². The Morgan fingerprint density at radius 1 is 0.959 bits per heavy atom. The Labute approximate surface area is 286 Å². The summed E-state index contributed by atoms with van der Waals surface area (Å²) in [5.74, 6) is -0.216. The van der Waals surface area contributed by atoms with Gasteiger partial charge < -0.3 is 28.4 Å². The number of aromatic nitrogens is 3. The topological polar surface area (TPSA) is 146 Å². The second-order valence-corrected chi connectivity index (χ2v) is 13.4. The summed E-state index contributed by atoms with van der Waals surface area (Å²) in [5.41, 5.74) is 2.51. The van der Waals surface area contributed by atoms with Crippen LogP contribution in [-0.2, 0) is 26.5 Å². The van der Waals surface area contributed by atoms with E-state index in [0.717, 1.165) is 5.56 Å². The van der Waals surface area contributed by atoms with Crippen LogP contribution < -0.4 is 14.4 Å². The average Bonchev–Trinajstić information content (AvgIpc) is 3.38. The largest absolute Gasteiger partial charge is 0.493 e. The van der Waals surface area contributed by atoms with E-state index in [2.05, 4.69) is 9.88 Å². The Balaban J connectivity index is 1.57. The predicted octanol–water partition coefficient (Wildman–Crippen LogP) is 4.45. The lowest BCUT2D eigenvalue weighted by atomic mass is 10.1. The molecule has 2 aromatic carbocycles. The zero-order valence-electron chi connectivity index (χ0n) is 28.6. The SMILES string of the molecule is CCOCOC(=O)c1ccccc1N(CC)C(=O)Oc1nc(-c2cc(S(=O)(=O)N3CCN(C)CC3)ccc2OCC)nc2c(C)cn(C)c12. The first-order valence-corrected chi connectivity index (χ1v) is 17.6. The highest BCUT2D eigenvalue weighted by Gasteiger charge is 2.30. The Morgan fingerprint density at radius 2 is 1.69 bits per heavy atom. The Kier molecular flexibility index (Phi) is 11.2. The molecule has 0 atom stereocenters. The first-order valence-electron chi connectivity index (χ1n) is 16.1. The minimum Gasteiger partial charge on any atom is -0.493 e. The number of amides is 1. The van der Waals surface area contributed by atoms with E-state index in [0.29, 0.717) is 61.7 Å². The third kappa shape index (κ3) is 7.54. The molecule has 2 aromatic heterocycles. The van der Waals surface area contributed by atoms with Crippen molar-refractivity contribution >= 4 is 38.8 Å². The number of likely N-dealkylation sites (N-methyl/N-ethyl adjacent to an activating group) is 1. The van der Waals surface area contributed by atoms with Crippen LogP contribution in [0.1, 0.15) is 36.7 Å². The maximum Gasteiger partial charge on any atom is 0.421 e. The van der Waals surface area contributed by atoms with Crippen molar-refractivity contribution in [3.05, 3.63) is 59.8 Å². The van der Waals surface area contributed by atoms with Crippen molar-refractivity contribution in [2.24, 2.45) is 7.05 Å². The van der Waals surface area contributed by atoms with E-state index >= 15 is 0 Å². The van der Waals surface area contributed by atoms with Gasteiger partial charge in [0.25, 0.3) is 5.88 Å². The van der Waals surface area contributed by atoms with Gasteiger partial charge in [0.05, 0.1) is 33.8 Å². The van der Waals surface area contributed by atoms with Crippen molar-refractivity contribution in [3.8, 4) is 23.0 Å². The van der Waals surface area contributed by atoms with Crippen LogP contribution in [0.15, 0.2) is 53.6 Å². The highest BCUT2D eigenvalue weighted by Crippen LogP contribution is 2.36. The molecule has 1 aliphatic heterocycles. The number of sulfonamides is 1. The molecule has 0 spiro atoms. The van der Waals surface area contributed by atoms with Crippen LogP contribution in [0.25, 0.3) is 22.4 Å². The molecule has 4 aromatic rings. The maximum absolute atomic E-state index is 13.9. The van der Waals surface area contributed by atoms with Crippen LogP contribution in [0.3, 0.4) is 0 Å². The van der Waals surface area contributed by atoms with Gasteiger partial charge >= 0.3 is 12.1 Å². The Hall–Kier alpha value is -4.57. The number of hydrogen-bond donors (Lipinski definition) is 0. The van der Waals surface area contributed by atoms with Gasteiger partial charge in [0.15, 0.2) is 12.6 Å². The van der Waals surface area contributed by atoms with Gasteiger partial charge in [0, 0.05) is 52.6 Å². The average molecular weight is 695 g/mol. The molecule has 15 heteroatoms. The minimum atomic E-state index is -3.83. The second-order valence-electron chi connectivity index (χ2n) is 11.4. The summed E-state index contributed by atoms with van der Waals surface area (Å²) >= 11 is 0. The van der Waals surface area contributed by atoms with Gasteiger partial charge in [-0.25, -0.2) is 23.0 Å². The van der Waals surface area contributed by atoms with E-state index in [1.54, 1.807) is 55.8 Å². The van der Waals surface area contributed by atoms with E-state index in [4.69, 9.17) is 23.9 Å². The Morgan fingerprint density at radius 3 is 2.39 bits per heavy atom. The second kappa shape index (κ2) is 15.3. The molecule has 14 nitrogen and oxygen atoms in total. The number of ether oxygens (including phenoxy) is 4. The van der Waals surface area contributed by atoms with Gasteiger partial charge in [-0.3, -0.25) is 4.90 Å². The number of hydrogen-bond acceptors (Lipinski definition) is 11. The number of esters is 1. The standard InChI is InChI=1S/C34H42N6O8S/c1-7-40(27-13-11-10-12-25(27)33(41)47-22-45-8-2)34(42)48-32-30-29(23(4)21-38(30)6)35-31(36-32)26-20-24(14-15-28(26)46-9-3)49(43,44)39-18-16-37(5)17-19-39/h10-15,20-21H,7-9,16-19,22H2,1-6H3. The van der Waals surface area contributed by atoms with Gasteiger partial charge in [0.2, 0.25) is 10.0 Å². The van der Waals surface area contributed by atoms with E-state index in [1.165, 1.54) is 21.3 Å². The number of para-hydroxylation sites is 1. The van der Waals surface area contributed by atoms with Crippen LogP contribution in [0, 0.1) is 6.92 Å². The lowest BCUT2D eigenvalue weighted by molar-refractivity contribution is -0.0274. The monoisotopic (exact) mass is 694 g/mol. The third-order valence-corrected chi connectivity index (χ3v) is 10.1. The molecule has 0 N–H and O–H groups in total. The zero-order chi connectivity index (χ0) is 35.3. The molecule has 1 saturated heterocycles. The number of carbonyl (C=O) groups excluding carboxylic acids is 2. The van der Waals surface area contributed by atoms with Crippen molar-refractivity contribution in [1.82, 2.24) is 23.7 Å². The first kappa shape index (κ1) is 35.7.